The summed E-state index contributed by atoms with van der Waals surface area (Å²) in [5.74, 6) is 0.383. The van der Waals surface area contributed by atoms with E-state index in [0.29, 0.717) is 5.56 Å². The summed E-state index contributed by atoms with van der Waals surface area (Å²) in [4.78, 5) is 0. The maximum atomic E-state index is 9.71. The zero-order valence-corrected chi connectivity index (χ0v) is 9.95. The molecule has 0 fully saturated rings. The van der Waals surface area contributed by atoms with E-state index < -0.39 is 0 Å². The third kappa shape index (κ3) is 2.40. The van der Waals surface area contributed by atoms with Crippen LogP contribution in [0.4, 0.5) is 11.7 Å². The number of hydrogen-bond donors (Lipinski definition) is 2. The number of aromatic nitrogens is 2. The van der Waals surface area contributed by atoms with Gasteiger partial charge in [-0.2, -0.15) is 0 Å². The van der Waals surface area contributed by atoms with Crippen LogP contribution in [0.15, 0.2) is 59.0 Å². The van der Waals surface area contributed by atoms with Crippen LogP contribution in [-0.2, 0) is 0 Å². The predicted octanol–water partition coefficient (Wildman–Crippen LogP) is 3.19. The van der Waals surface area contributed by atoms with Crippen molar-refractivity contribution >= 4 is 11.7 Å². The molecule has 0 atom stereocenters. The van der Waals surface area contributed by atoms with Gasteiger partial charge >= 0.3 is 6.01 Å². The van der Waals surface area contributed by atoms with Crippen molar-refractivity contribution in [1.82, 2.24) is 10.2 Å². The lowest BCUT2D eigenvalue weighted by Crippen LogP contribution is -1.88. The molecule has 0 radical (unpaired) electrons. The highest BCUT2D eigenvalue weighted by molar-refractivity contribution is 5.62. The Kier molecular flexibility index (Phi) is 2.86. The van der Waals surface area contributed by atoms with E-state index in [0.717, 1.165) is 5.69 Å². The van der Waals surface area contributed by atoms with E-state index in [1.54, 1.807) is 24.3 Å². The summed E-state index contributed by atoms with van der Waals surface area (Å²) in [6.07, 6.45) is 0. The van der Waals surface area contributed by atoms with Crippen molar-refractivity contribution in [3.63, 3.8) is 0 Å². The van der Waals surface area contributed by atoms with E-state index >= 15 is 0 Å². The fourth-order valence-corrected chi connectivity index (χ4v) is 1.68. The van der Waals surface area contributed by atoms with Gasteiger partial charge in [-0.1, -0.05) is 35.4 Å². The fraction of sp³-hybridized carbons (Fsp3) is 0. The highest BCUT2D eigenvalue weighted by Crippen LogP contribution is 2.28. The number of nitrogens with zero attached hydrogens (tertiary/aromatic N) is 2. The summed E-state index contributed by atoms with van der Waals surface area (Å²) in [7, 11) is 0. The number of phenolic OH excluding ortho intramolecular Hbond substituents is 1. The number of phenols is 1. The summed E-state index contributed by atoms with van der Waals surface area (Å²) in [6, 6.07) is 16.6. The largest absolute Gasteiger partial charge is 0.507 e. The molecule has 5 nitrogen and oxygen atoms in total. The van der Waals surface area contributed by atoms with Crippen LogP contribution in [0.1, 0.15) is 0 Å². The number of anilines is 2. The Balaban J connectivity index is 1.86. The van der Waals surface area contributed by atoms with Gasteiger partial charge in [-0.25, -0.2) is 0 Å². The molecular formula is C14H11N3O2. The van der Waals surface area contributed by atoms with Crippen LogP contribution in [-0.4, -0.2) is 15.3 Å². The van der Waals surface area contributed by atoms with Crippen molar-refractivity contribution < 1.29 is 9.52 Å². The third-order valence-electron chi connectivity index (χ3n) is 2.58. The Labute approximate surface area is 109 Å². The standard InChI is InChI=1S/C14H11N3O2/c18-12-9-5-4-8-11(12)13-16-17-14(19-13)15-10-6-2-1-3-7-10/h1-9,18H,(H,15,17). The molecule has 0 aliphatic heterocycles. The van der Waals surface area contributed by atoms with Crippen LogP contribution in [0.3, 0.4) is 0 Å². The van der Waals surface area contributed by atoms with Crippen molar-refractivity contribution in [3.8, 4) is 17.2 Å². The highest BCUT2D eigenvalue weighted by Gasteiger charge is 2.11. The van der Waals surface area contributed by atoms with E-state index in [2.05, 4.69) is 15.5 Å². The smallest absolute Gasteiger partial charge is 0.320 e. The number of para-hydroxylation sites is 2. The van der Waals surface area contributed by atoms with Gasteiger partial charge in [-0.15, -0.1) is 5.10 Å². The topological polar surface area (TPSA) is 71.2 Å². The second-order valence-electron chi connectivity index (χ2n) is 3.92. The van der Waals surface area contributed by atoms with Crippen LogP contribution in [0.25, 0.3) is 11.5 Å². The Morgan fingerprint density at radius 2 is 1.63 bits per heavy atom. The minimum Gasteiger partial charge on any atom is -0.507 e. The molecular weight excluding hydrogens is 242 g/mol. The summed E-state index contributed by atoms with van der Waals surface area (Å²) < 4.78 is 5.46. The predicted molar refractivity (Wildman–Crippen MR) is 71.1 cm³/mol. The lowest BCUT2D eigenvalue weighted by molar-refractivity contribution is 0.473. The summed E-state index contributed by atoms with van der Waals surface area (Å²) in [5.41, 5.74) is 1.37. The van der Waals surface area contributed by atoms with Crippen molar-refractivity contribution in [1.29, 1.82) is 0 Å². The van der Waals surface area contributed by atoms with Crippen LogP contribution in [0, 0.1) is 0 Å². The summed E-state index contributed by atoms with van der Waals surface area (Å²) >= 11 is 0. The number of aromatic hydroxyl groups is 1. The molecule has 0 spiro atoms. The molecule has 0 aliphatic carbocycles. The minimum atomic E-state index is 0.109. The summed E-state index contributed by atoms with van der Waals surface area (Å²) in [6.45, 7) is 0. The maximum Gasteiger partial charge on any atom is 0.320 e. The molecule has 0 amide bonds. The number of benzene rings is 2. The summed E-state index contributed by atoms with van der Waals surface area (Å²) in [5, 5.41) is 20.5. The number of nitrogens with one attached hydrogen (secondary N) is 1. The zero-order chi connectivity index (χ0) is 13.1. The van der Waals surface area contributed by atoms with Gasteiger partial charge in [0.1, 0.15) is 5.75 Å². The van der Waals surface area contributed by atoms with Crippen LogP contribution in [0.2, 0.25) is 0 Å². The molecule has 94 valence electrons. The monoisotopic (exact) mass is 253 g/mol. The first kappa shape index (κ1) is 11.3. The van der Waals surface area contributed by atoms with Gasteiger partial charge in [0.25, 0.3) is 5.89 Å². The Bertz CT molecular complexity index is 680. The van der Waals surface area contributed by atoms with E-state index in [1.807, 2.05) is 30.3 Å². The van der Waals surface area contributed by atoms with Crippen LogP contribution >= 0.6 is 0 Å². The van der Waals surface area contributed by atoms with Gasteiger partial charge in [0.15, 0.2) is 0 Å². The molecule has 3 rings (SSSR count). The first-order valence-corrected chi connectivity index (χ1v) is 5.77. The lowest BCUT2D eigenvalue weighted by atomic mass is 10.2. The van der Waals surface area contributed by atoms with E-state index in [-0.39, 0.29) is 17.7 Å². The number of rotatable bonds is 3. The number of hydrogen-bond acceptors (Lipinski definition) is 5. The zero-order valence-electron chi connectivity index (χ0n) is 9.95. The Morgan fingerprint density at radius 1 is 0.895 bits per heavy atom. The van der Waals surface area contributed by atoms with Gasteiger partial charge in [-0.05, 0) is 24.3 Å². The van der Waals surface area contributed by atoms with Gasteiger partial charge in [0.2, 0.25) is 0 Å². The van der Waals surface area contributed by atoms with Gasteiger partial charge in [-0.3, -0.25) is 0 Å². The van der Waals surface area contributed by atoms with Gasteiger partial charge in [0, 0.05) is 5.69 Å². The Hall–Kier alpha value is -2.82. The van der Waals surface area contributed by atoms with Gasteiger partial charge in [0.05, 0.1) is 5.56 Å². The molecule has 0 saturated heterocycles. The molecule has 1 heterocycles. The van der Waals surface area contributed by atoms with Crippen molar-refractivity contribution in [2.24, 2.45) is 0 Å². The SMILES string of the molecule is Oc1ccccc1-c1nnc(Nc2ccccc2)o1. The van der Waals surface area contributed by atoms with Gasteiger partial charge < -0.3 is 14.8 Å². The Morgan fingerprint density at radius 3 is 2.42 bits per heavy atom. The molecule has 5 heteroatoms. The molecule has 0 aliphatic rings. The van der Waals surface area contributed by atoms with Crippen molar-refractivity contribution in [2.45, 2.75) is 0 Å². The fourth-order valence-electron chi connectivity index (χ4n) is 1.68. The average molecular weight is 253 g/mol. The molecule has 2 aromatic carbocycles. The lowest BCUT2D eigenvalue weighted by Gasteiger charge is -2.00. The molecule has 19 heavy (non-hydrogen) atoms. The minimum absolute atomic E-state index is 0.109. The second-order valence-corrected chi connectivity index (χ2v) is 3.92. The van der Waals surface area contributed by atoms with Crippen LogP contribution < -0.4 is 5.32 Å². The maximum absolute atomic E-state index is 9.71. The third-order valence-corrected chi connectivity index (χ3v) is 2.58. The van der Waals surface area contributed by atoms with Crippen molar-refractivity contribution in [3.05, 3.63) is 54.6 Å². The first-order valence-electron chi connectivity index (χ1n) is 5.77. The highest BCUT2D eigenvalue weighted by atomic mass is 16.4. The molecule has 0 unspecified atom stereocenters. The molecule has 3 aromatic rings. The molecule has 2 N–H and O–H groups in total. The molecule has 0 bridgehead atoms. The van der Waals surface area contributed by atoms with Crippen molar-refractivity contribution in [2.75, 3.05) is 5.32 Å². The first-order chi connectivity index (χ1) is 9.33. The van der Waals surface area contributed by atoms with E-state index in [1.165, 1.54) is 0 Å². The normalized spacial score (nSPS) is 10.3. The van der Waals surface area contributed by atoms with E-state index in [9.17, 15) is 5.11 Å². The molecule has 0 saturated carbocycles. The quantitative estimate of drug-likeness (QED) is 0.750. The van der Waals surface area contributed by atoms with E-state index in [4.69, 9.17) is 4.42 Å². The average Bonchev–Trinajstić information content (AvgIpc) is 2.89. The van der Waals surface area contributed by atoms with Crippen LogP contribution in [0.5, 0.6) is 5.75 Å². The molecule has 1 aromatic heterocycles. The second kappa shape index (κ2) is 4.81.